The molecule has 17 heteroatoms. The van der Waals surface area contributed by atoms with E-state index < -0.39 is 28.4 Å². The molecule has 0 aliphatic carbocycles. The highest BCUT2D eigenvalue weighted by molar-refractivity contribution is 6.66. The zero-order valence-electron chi connectivity index (χ0n) is 31.1. The number of amides is 1. The second kappa shape index (κ2) is 19.1. The monoisotopic (exact) mass is 832 g/mol. The van der Waals surface area contributed by atoms with Crippen LogP contribution in [0, 0.1) is 22.5 Å². The summed E-state index contributed by atoms with van der Waals surface area (Å²) in [6.45, 7) is 15.5. The van der Waals surface area contributed by atoms with Crippen molar-refractivity contribution in [3.05, 3.63) is 95.9 Å². The van der Waals surface area contributed by atoms with Crippen molar-refractivity contribution >= 4 is 35.2 Å². The van der Waals surface area contributed by atoms with Gasteiger partial charge in [0, 0.05) is 60.6 Å². The molecule has 0 radical (unpaired) electrons. The Morgan fingerprint density at radius 2 is 1.24 bits per heavy atom. The summed E-state index contributed by atoms with van der Waals surface area (Å²) in [5.41, 5.74) is 3.80. The van der Waals surface area contributed by atoms with E-state index in [4.69, 9.17) is 21.1 Å². The van der Waals surface area contributed by atoms with Crippen LogP contribution < -0.4 is 14.8 Å². The number of aromatic nitrogens is 4. The summed E-state index contributed by atoms with van der Waals surface area (Å²) in [4.78, 5) is 49.1. The molecule has 2 fully saturated rings. The molecule has 59 heavy (non-hydrogen) atoms. The summed E-state index contributed by atoms with van der Waals surface area (Å²) in [6, 6.07) is 8.08. The van der Waals surface area contributed by atoms with Crippen molar-refractivity contribution in [1.29, 1.82) is 0 Å². The molecule has 2 saturated heterocycles. The second-order valence-corrected chi connectivity index (χ2v) is 14.8. The molecule has 0 atom stereocenters. The Morgan fingerprint density at radius 3 is 1.61 bits per heavy atom. The van der Waals surface area contributed by atoms with Crippen molar-refractivity contribution < 1.29 is 38.1 Å². The number of aliphatic imine (C=N–C) groups is 2. The van der Waals surface area contributed by atoms with E-state index in [0.717, 1.165) is 30.4 Å². The first-order valence-electron chi connectivity index (χ1n) is 17.7. The van der Waals surface area contributed by atoms with E-state index >= 15 is 0 Å². The van der Waals surface area contributed by atoms with Crippen LogP contribution in [0.2, 0.25) is 0 Å². The molecule has 1 amide bonds. The van der Waals surface area contributed by atoms with Gasteiger partial charge in [0.15, 0.2) is 34.8 Å². The third kappa shape index (κ3) is 10.7. The van der Waals surface area contributed by atoms with Crippen LogP contribution in [0.15, 0.2) is 71.7 Å². The lowest BCUT2D eigenvalue weighted by Crippen LogP contribution is -2.59. The highest BCUT2D eigenvalue weighted by Crippen LogP contribution is 2.34. The summed E-state index contributed by atoms with van der Waals surface area (Å²) in [6.07, 6.45) is 5.73. The number of fused-ring (bicyclic) bond motifs is 2. The minimum Gasteiger partial charge on any atom is -0.505 e. The average Bonchev–Trinajstić information content (AvgIpc) is 3.87. The number of allylic oxidation sites excluding steroid dienone is 1. The molecule has 4 aliphatic rings. The number of phenolic OH excluding ortho intramolecular Hbond substituents is 2. The number of rotatable bonds is 10. The Balaban J connectivity index is 0.000000229. The number of likely N-dealkylation sites (tertiary alicyclic amines) is 1. The third-order valence-electron chi connectivity index (χ3n) is 9.32. The molecule has 4 aliphatic heterocycles. The quantitative estimate of drug-likeness (QED) is 0.118. The molecule has 3 N–H and O–H groups in total. The Morgan fingerprint density at radius 1 is 0.797 bits per heavy atom. The van der Waals surface area contributed by atoms with Gasteiger partial charge >= 0.3 is 0 Å². The summed E-state index contributed by atoms with van der Waals surface area (Å²) in [7, 11) is 0. The van der Waals surface area contributed by atoms with Crippen molar-refractivity contribution in [1.82, 2.24) is 30.2 Å². The fourth-order valence-corrected chi connectivity index (χ4v) is 6.09. The van der Waals surface area contributed by atoms with Crippen LogP contribution in [0.3, 0.4) is 0 Å². The van der Waals surface area contributed by atoms with E-state index in [2.05, 4.69) is 55.3 Å². The fourth-order valence-electron chi connectivity index (χ4n) is 6.09. The number of hydrogen-bond acceptors (Lipinski definition) is 13. The van der Waals surface area contributed by atoms with E-state index in [1.54, 1.807) is 29.5 Å². The summed E-state index contributed by atoms with van der Waals surface area (Å²) in [5, 5.41) is 21.5. The number of aromatic hydroxyl groups is 2. The molecule has 312 valence electrons. The predicted octanol–water partition coefficient (Wildman–Crippen LogP) is 6.45. The van der Waals surface area contributed by atoms with Crippen LogP contribution in [0.4, 0.5) is 8.78 Å². The van der Waals surface area contributed by atoms with Crippen LogP contribution in [-0.2, 0) is 22.7 Å². The average molecular weight is 833 g/mol. The van der Waals surface area contributed by atoms with Gasteiger partial charge in [-0.05, 0) is 60.2 Å². The maximum Gasteiger partial charge on any atom is 0.245 e. The van der Waals surface area contributed by atoms with Crippen LogP contribution in [0.25, 0.3) is 22.8 Å². The molecule has 14 nitrogen and oxygen atoms in total. The topological polar surface area (TPSA) is 185 Å². The van der Waals surface area contributed by atoms with Crippen LogP contribution in [0.5, 0.6) is 23.3 Å². The molecule has 4 aromatic rings. The van der Waals surface area contributed by atoms with Crippen molar-refractivity contribution in [3.8, 4) is 46.0 Å². The first-order valence-corrected chi connectivity index (χ1v) is 18.1. The number of phenols is 2. The highest BCUT2D eigenvalue weighted by atomic mass is 35.5. The zero-order valence-corrected chi connectivity index (χ0v) is 31.9. The minimum atomic E-state index is -0.741. The van der Waals surface area contributed by atoms with Gasteiger partial charge in [0.05, 0.1) is 48.8 Å². The lowest BCUT2D eigenvalue weighted by atomic mass is 9.83. The number of nitrogens with one attached hydrogen (secondary N) is 1. The maximum atomic E-state index is 13.7. The molecule has 0 bridgehead atoms. The third-order valence-corrected chi connectivity index (χ3v) is 9.48. The first-order chi connectivity index (χ1) is 27.2. The first kappa shape index (κ1) is 45.6. The van der Waals surface area contributed by atoms with Gasteiger partial charge in [0.25, 0.3) is 0 Å². The van der Waals surface area contributed by atoms with Gasteiger partial charge < -0.3 is 29.9 Å². The van der Waals surface area contributed by atoms with Crippen molar-refractivity contribution in [2.75, 3.05) is 39.4 Å². The van der Waals surface area contributed by atoms with E-state index in [9.17, 15) is 28.6 Å². The van der Waals surface area contributed by atoms with Gasteiger partial charge in [-0.3, -0.25) is 19.6 Å². The largest absolute Gasteiger partial charge is 0.505 e. The van der Waals surface area contributed by atoms with Crippen LogP contribution in [-0.4, -0.2) is 98.0 Å². The molecular formula is C42H47ClF2N8O6. The normalized spacial score (nSPS) is 15.4. The Bertz CT molecular complexity index is 2300. The number of carbonyl (C=O) groups excluding carboxylic acids is 2. The summed E-state index contributed by atoms with van der Waals surface area (Å²) >= 11 is 4.71. The van der Waals surface area contributed by atoms with Crippen molar-refractivity contribution in [3.63, 3.8) is 0 Å². The number of carbonyl (C=O) groups is 2. The number of nitrogens with zero attached hydrogens (tertiary/aromatic N) is 7. The molecule has 2 aromatic carbocycles. The van der Waals surface area contributed by atoms with Gasteiger partial charge in [0.1, 0.15) is 0 Å². The van der Waals surface area contributed by atoms with Gasteiger partial charge in [-0.2, -0.15) is 9.97 Å². The van der Waals surface area contributed by atoms with Crippen molar-refractivity contribution in [2.45, 2.75) is 41.8 Å². The van der Waals surface area contributed by atoms with Gasteiger partial charge in [0.2, 0.25) is 22.9 Å². The number of halogens is 3. The fraction of sp³-hybridized carbons (Fsp3) is 0.333. The molecule has 2 aromatic heterocycles. The maximum absolute atomic E-state index is 13.7. The minimum absolute atomic E-state index is 0. The summed E-state index contributed by atoms with van der Waals surface area (Å²) in [5.74, 6) is -0.846. The Hall–Kier alpha value is -6.13. The van der Waals surface area contributed by atoms with E-state index in [-0.39, 0.29) is 31.6 Å². The lowest BCUT2D eigenvalue weighted by molar-refractivity contribution is -0.138. The summed E-state index contributed by atoms with van der Waals surface area (Å²) < 4.78 is 39.3. The molecule has 6 heterocycles. The van der Waals surface area contributed by atoms with Crippen LogP contribution in [0.1, 0.15) is 51.2 Å². The predicted molar refractivity (Wildman–Crippen MR) is 222 cm³/mol. The molecule has 0 spiro atoms. The lowest BCUT2D eigenvalue weighted by Gasteiger charge is -2.47. The van der Waals surface area contributed by atoms with E-state index in [1.807, 2.05) is 6.92 Å². The molecule has 0 unspecified atom stereocenters. The van der Waals surface area contributed by atoms with E-state index in [1.165, 1.54) is 30.3 Å². The van der Waals surface area contributed by atoms with E-state index in [0.29, 0.717) is 85.2 Å². The standard InChI is InChI=1S/C20H19FN4O3.C17H17FN4O2.C3H3ClO.2CH4/c1-3-17(27)25-9-20(2,10-25)11-28-19-13-7-22-8-15(13)23-18(24-19)12-4-5-16(26)14(21)6-12;1-17(7-20-8-17)9-24-16-11-5-19-6-13(11)21-15(22-16)10-2-3-14(23)12(18)4-10;1-2-3(4)5;;/h3-7,26H,1,8-11H2,2H3;2-5,20,23H,6-9H2,1H3;2H,1H2;2*1H4. The second-order valence-electron chi connectivity index (χ2n) is 14.4. The number of hydrogen-bond donors (Lipinski definition) is 3. The smallest absolute Gasteiger partial charge is 0.245 e. The SMILES string of the molecule is C.C.C=CC(=O)Cl.C=CC(=O)N1CC(C)(COc2nc(-c3ccc(O)c(F)c3)nc3c2C=NC3)C1.CC1(COc2nc(-c3ccc(O)c(F)c3)nc3c2C=NC3)CNC1. The van der Waals surface area contributed by atoms with Gasteiger partial charge in [-0.15, -0.1) is 0 Å². The number of benzene rings is 2. The zero-order chi connectivity index (χ0) is 40.9. The molecular weight excluding hydrogens is 786 g/mol. The van der Waals surface area contributed by atoms with Crippen LogP contribution >= 0.6 is 11.6 Å². The Kier molecular flexibility index (Phi) is 14.7. The highest BCUT2D eigenvalue weighted by Gasteiger charge is 2.41. The Labute approximate surface area is 346 Å². The number of ether oxygens (including phenoxy) is 2. The van der Waals surface area contributed by atoms with Gasteiger partial charge in [-0.1, -0.05) is 41.9 Å². The van der Waals surface area contributed by atoms with Gasteiger partial charge in [-0.25, -0.2) is 18.7 Å². The molecule has 0 saturated carbocycles. The van der Waals surface area contributed by atoms with Crippen molar-refractivity contribution in [2.24, 2.45) is 20.8 Å². The molecule has 8 rings (SSSR count).